The second-order valence-corrected chi connectivity index (χ2v) is 5.51. The van der Waals surface area contributed by atoms with Gasteiger partial charge in [0, 0.05) is 23.8 Å². The minimum Gasteiger partial charge on any atom is -0.344 e. The molecule has 0 aromatic heterocycles. The maximum Gasteiger partial charge on any atom is 0.0449 e. The average Bonchev–Trinajstić information content (AvgIpc) is 2.37. The molecule has 2 aliphatic rings. The van der Waals surface area contributed by atoms with Crippen molar-refractivity contribution in [1.29, 1.82) is 0 Å². The number of hydrogen-bond acceptors (Lipinski definition) is 1. The highest BCUT2D eigenvalue weighted by atomic mass is 15.1. The van der Waals surface area contributed by atoms with Crippen LogP contribution < -0.4 is 4.90 Å². The molecule has 0 bridgehead atoms. The average molecular weight is 225 g/mol. The van der Waals surface area contributed by atoms with E-state index in [9.17, 15) is 0 Å². The highest BCUT2D eigenvalue weighted by Gasteiger charge is 2.36. The summed E-state index contributed by atoms with van der Waals surface area (Å²) in [6.07, 6.45) is 6.95. The number of nitrogens with zero attached hydrogens (tertiary/aromatic N) is 1. The zero-order valence-electron chi connectivity index (χ0n) is 10.8. The second kappa shape index (κ2) is 3.49. The molecular weight excluding hydrogens is 206 g/mol. The molecule has 0 radical (unpaired) electrons. The Bertz CT molecular complexity index is 520. The van der Waals surface area contributed by atoms with Crippen molar-refractivity contribution in [2.75, 3.05) is 11.9 Å². The molecule has 0 N–H and O–H groups in total. The first kappa shape index (κ1) is 10.6. The Morgan fingerprint density at radius 2 is 1.94 bits per heavy atom. The molecule has 0 atom stereocenters. The van der Waals surface area contributed by atoms with Gasteiger partial charge in [0.1, 0.15) is 0 Å². The summed E-state index contributed by atoms with van der Waals surface area (Å²) < 4.78 is 0. The molecule has 0 spiro atoms. The summed E-state index contributed by atoms with van der Waals surface area (Å²) in [5.74, 6) is 0. The van der Waals surface area contributed by atoms with Crippen molar-refractivity contribution in [3.63, 3.8) is 0 Å². The van der Waals surface area contributed by atoms with Crippen LogP contribution >= 0.6 is 0 Å². The Balaban J connectivity index is 2.26. The van der Waals surface area contributed by atoms with E-state index in [0.29, 0.717) is 0 Å². The Labute approximate surface area is 103 Å². The fraction of sp³-hybridized carbons (Fsp3) is 0.375. The number of allylic oxidation sites excluding steroid dienone is 3. The number of likely N-dealkylation sites (N-methyl/N-ethyl adjacent to an activating group) is 1. The zero-order valence-corrected chi connectivity index (χ0v) is 10.8. The number of para-hydroxylation sites is 1. The van der Waals surface area contributed by atoms with Gasteiger partial charge in [-0.05, 0) is 36.1 Å². The molecule has 1 nitrogen and oxygen atoms in total. The van der Waals surface area contributed by atoms with Crippen molar-refractivity contribution in [1.82, 2.24) is 0 Å². The Hall–Kier alpha value is -1.50. The van der Waals surface area contributed by atoms with Crippen LogP contribution in [0.15, 0.2) is 47.7 Å². The number of hydrogen-bond donors (Lipinski definition) is 0. The van der Waals surface area contributed by atoms with Crippen LogP contribution in [0, 0.1) is 0 Å². The van der Waals surface area contributed by atoms with E-state index < -0.39 is 0 Å². The minimum absolute atomic E-state index is 0.170. The predicted octanol–water partition coefficient (Wildman–Crippen LogP) is 4.02. The van der Waals surface area contributed by atoms with Crippen LogP contribution in [0.1, 0.15) is 32.3 Å². The van der Waals surface area contributed by atoms with Crippen molar-refractivity contribution in [3.05, 3.63) is 53.3 Å². The quantitative estimate of drug-likeness (QED) is 0.644. The van der Waals surface area contributed by atoms with Crippen molar-refractivity contribution in [2.45, 2.75) is 32.1 Å². The number of fused-ring (bicyclic) bond motifs is 1. The molecule has 0 unspecified atom stereocenters. The topological polar surface area (TPSA) is 3.24 Å². The first-order chi connectivity index (χ1) is 8.12. The first-order valence-corrected chi connectivity index (χ1v) is 6.36. The minimum atomic E-state index is 0.170. The smallest absolute Gasteiger partial charge is 0.0449 e. The molecule has 0 saturated heterocycles. The molecule has 88 valence electrons. The fourth-order valence-electron chi connectivity index (χ4n) is 3.19. The molecule has 17 heavy (non-hydrogen) atoms. The van der Waals surface area contributed by atoms with E-state index in [1.165, 1.54) is 29.8 Å². The van der Waals surface area contributed by atoms with Gasteiger partial charge >= 0.3 is 0 Å². The maximum absolute atomic E-state index is 2.35. The van der Waals surface area contributed by atoms with E-state index >= 15 is 0 Å². The summed E-state index contributed by atoms with van der Waals surface area (Å²) in [5.41, 5.74) is 5.96. The predicted molar refractivity (Wildman–Crippen MR) is 73.3 cm³/mol. The lowest BCUT2D eigenvalue weighted by Crippen LogP contribution is -2.34. The van der Waals surface area contributed by atoms with Crippen molar-refractivity contribution in [3.8, 4) is 0 Å². The van der Waals surface area contributed by atoms with Gasteiger partial charge < -0.3 is 4.90 Å². The molecule has 1 heteroatoms. The van der Waals surface area contributed by atoms with Crippen molar-refractivity contribution >= 4 is 5.69 Å². The first-order valence-electron chi connectivity index (χ1n) is 6.36. The molecule has 1 heterocycles. The van der Waals surface area contributed by atoms with Crippen LogP contribution in [0.25, 0.3) is 0 Å². The standard InChI is InChI=1S/C16H19N/c1-16(2)12-8-4-6-10-14(12)17(3)15-11-7-5-9-13(15)16/h4,6-8,10-11H,5,9H2,1-3H3. The summed E-state index contributed by atoms with van der Waals surface area (Å²) in [6.45, 7) is 4.71. The van der Waals surface area contributed by atoms with Gasteiger partial charge in [-0.2, -0.15) is 0 Å². The van der Waals surface area contributed by atoms with E-state index in [1.807, 2.05) is 0 Å². The summed E-state index contributed by atoms with van der Waals surface area (Å²) in [4.78, 5) is 2.34. The summed E-state index contributed by atoms with van der Waals surface area (Å²) in [6, 6.07) is 8.78. The third kappa shape index (κ3) is 1.38. The Kier molecular flexibility index (Phi) is 2.19. The van der Waals surface area contributed by atoms with Crippen molar-refractivity contribution < 1.29 is 0 Å². The van der Waals surface area contributed by atoms with Gasteiger partial charge in [-0.15, -0.1) is 0 Å². The van der Waals surface area contributed by atoms with Crippen LogP contribution in [0.4, 0.5) is 5.69 Å². The van der Waals surface area contributed by atoms with E-state index in [0.717, 1.165) is 0 Å². The molecule has 1 aliphatic heterocycles. The van der Waals surface area contributed by atoms with Gasteiger partial charge in [0.2, 0.25) is 0 Å². The molecule has 1 aromatic carbocycles. The number of rotatable bonds is 0. The lowest BCUT2D eigenvalue weighted by atomic mass is 9.71. The van der Waals surface area contributed by atoms with Crippen LogP contribution in [0.2, 0.25) is 0 Å². The molecule has 3 rings (SSSR count). The van der Waals surface area contributed by atoms with Crippen LogP contribution in [-0.4, -0.2) is 7.05 Å². The summed E-state index contributed by atoms with van der Waals surface area (Å²) >= 11 is 0. The monoisotopic (exact) mass is 225 g/mol. The normalized spacial score (nSPS) is 21.2. The molecule has 0 fully saturated rings. The summed E-state index contributed by atoms with van der Waals surface area (Å²) in [5, 5.41) is 0. The van der Waals surface area contributed by atoms with E-state index in [4.69, 9.17) is 0 Å². The van der Waals surface area contributed by atoms with Crippen LogP contribution in [0.5, 0.6) is 0 Å². The summed E-state index contributed by atoms with van der Waals surface area (Å²) in [7, 11) is 2.18. The molecule has 0 saturated carbocycles. The van der Waals surface area contributed by atoms with Gasteiger partial charge in [-0.1, -0.05) is 38.1 Å². The number of anilines is 1. The van der Waals surface area contributed by atoms with Crippen LogP contribution in [-0.2, 0) is 5.41 Å². The van der Waals surface area contributed by atoms with Crippen LogP contribution in [0.3, 0.4) is 0 Å². The highest BCUT2D eigenvalue weighted by molar-refractivity contribution is 5.69. The second-order valence-electron chi connectivity index (χ2n) is 5.51. The van der Waals surface area contributed by atoms with E-state index in [1.54, 1.807) is 5.57 Å². The molecule has 1 aliphatic carbocycles. The Morgan fingerprint density at radius 3 is 2.76 bits per heavy atom. The van der Waals surface area contributed by atoms with Gasteiger partial charge in [0.05, 0.1) is 0 Å². The molecule has 1 aromatic rings. The third-order valence-corrected chi connectivity index (χ3v) is 4.20. The zero-order chi connectivity index (χ0) is 12.0. The largest absolute Gasteiger partial charge is 0.344 e. The molecule has 0 amide bonds. The Morgan fingerprint density at radius 1 is 1.18 bits per heavy atom. The third-order valence-electron chi connectivity index (χ3n) is 4.20. The lowest BCUT2D eigenvalue weighted by Gasteiger charge is -2.42. The van der Waals surface area contributed by atoms with Crippen molar-refractivity contribution in [2.24, 2.45) is 0 Å². The van der Waals surface area contributed by atoms with E-state index in [-0.39, 0.29) is 5.41 Å². The highest BCUT2D eigenvalue weighted by Crippen LogP contribution is 2.47. The fourth-order valence-corrected chi connectivity index (χ4v) is 3.19. The van der Waals surface area contributed by atoms with Gasteiger partial charge in [0.25, 0.3) is 0 Å². The SMILES string of the molecule is CN1C2=C(CCC=C2)C(C)(C)c2ccccc21. The van der Waals surface area contributed by atoms with Gasteiger partial charge in [-0.25, -0.2) is 0 Å². The van der Waals surface area contributed by atoms with Gasteiger partial charge in [-0.3, -0.25) is 0 Å². The molecular formula is C16H19N. The van der Waals surface area contributed by atoms with Gasteiger partial charge in [0.15, 0.2) is 0 Å². The number of benzene rings is 1. The van der Waals surface area contributed by atoms with E-state index in [2.05, 4.69) is 62.2 Å². The lowest BCUT2D eigenvalue weighted by molar-refractivity contribution is 0.568. The maximum atomic E-state index is 2.35.